The number of rotatable bonds is 6. The maximum Gasteiger partial charge on any atom is 0.342 e. The summed E-state index contributed by atoms with van der Waals surface area (Å²) in [6.45, 7) is 0.775. The molecule has 2 heterocycles. The molecule has 154 valence electrons. The second-order valence-electron chi connectivity index (χ2n) is 6.48. The summed E-state index contributed by atoms with van der Waals surface area (Å²) in [5.74, 6) is -0.172. The van der Waals surface area contributed by atoms with Gasteiger partial charge in [-0.05, 0) is 35.7 Å². The molecule has 1 aliphatic rings. The van der Waals surface area contributed by atoms with Crippen molar-refractivity contribution < 1.29 is 28.9 Å². The number of phenols is 1. The predicted octanol–water partition coefficient (Wildman–Crippen LogP) is 3.62. The second-order valence-corrected chi connectivity index (χ2v) is 7.51. The van der Waals surface area contributed by atoms with Crippen LogP contribution < -0.4 is 14.4 Å². The van der Waals surface area contributed by atoms with Crippen LogP contribution >= 0.6 is 11.3 Å². The van der Waals surface area contributed by atoms with Crippen LogP contribution in [0.15, 0.2) is 60.0 Å². The van der Waals surface area contributed by atoms with Gasteiger partial charge in [0.25, 0.3) is 5.91 Å². The zero-order valence-electron chi connectivity index (χ0n) is 15.9. The van der Waals surface area contributed by atoms with Crippen molar-refractivity contribution in [1.82, 2.24) is 0 Å². The van der Waals surface area contributed by atoms with E-state index in [0.717, 1.165) is 4.88 Å². The summed E-state index contributed by atoms with van der Waals surface area (Å²) in [5, 5.41) is 11.7. The van der Waals surface area contributed by atoms with E-state index in [2.05, 4.69) is 0 Å². The van der Waals surface area contributed by atoms with E-state index in [1.54, 1.807) is 30.3 Å². The van der Waals surface area contributed by atoms with Crippen LogP contribution in [0, 0.1) is 0 Å². The highest BCUT2D eigenvalue weighted by molar-refractivity contribution is 7.09. The SMILES string of the molecule is O=C(OCC(=O)N(Cc1cccs1)c1ccc2c(c1)OCCO2)c1ccccc1O. The van der Waals surface area contributed by atoms with Gasteiger partial charge in [-0.3, -0.25) is 4.79 Å². The fourth-order valence-electron chi connectivity index (χ4n) is 3.01. The van der Waals surface area contributed by atoms with Crippen LogP contribution in [0.25, 0.3) is 0 Å². The Balaban J connectivity index is 1.53. The molecular weight excluding hydrogens is 406 g/mol. The summed E-state index contributed by atoms with van der Waals surface area (Å²) < 4.78 is 16.3. The zero-order valence-corrected chi connectivity index (χ0v) is 16.8. The number of aromatic hydroxyl groups is 1. The molecule has 8 heteroatoms. The molecule has 1 N–H and O–H groups in total. The lowest BCUT2D eigenvalue weighted by Crippen LogP contribution is -2.34. The van der Waals surface area contributed by atoms with Crippen molar-refractivity contribution in [3.05, 3.63) is 70.4 Å². The molecule has 7 nitrogen and oxygen atoms in total. The second kappa shape index (κ2) is 8.87. The molecule has 0 atom stereocenters. The number of hydrogen-bond donors (Lipinski definition) is 1. The van der Waals surface area contributed by atoms with Crippen LogP contribution in [0.1, 0.15) is 15.2 Å². The Bertz CT molecular complexity index is 1050. The van der Waals surface area contributed by atoms with E-state index in [1.165, 1.54) is 28.4 Å². The number of anilines is 1. The van der Waals surface area contributed by atoms with Crippen LogP contribution in [-0.2, 0) is 16.1 Å². The maximum absolute atomic E-state index is 13.0. The number of carbonyl (C=O) groups excluding carboxylic acids is 2. The summed E-state index contributed by atoms with van der Waals surface area (Å²) in [7, 11) is 0. The molecule has 0 saturated heterocycles. The number of nitrogens with zero attached hydrogens (tertiary/aromatic N) is 1. The number of para-hydroxylation sites is 1. The van der Waals surface area contributed by atoms with Crippen molar-refractivity contribution in [2.75, 3.05) is 24.7 Å². The third kappa shape index (κ3) is 4.38. The molecule has 2 aromatic carbocycles. The van der Waals surface area contributed by atoms with Gasteiger partial charge in [-0.2, -0.15) is 0 Å². The highest BCUT2D eigenvalue weighted by Crippen LogP contribution is 2.34. The smallest absolute Gasteiger partial charge is 0.342 e. The molecule has 1 amide bonds. The van der Waals surface area contributed by atoms with E-state index in [-0.39, 0.29) is 11.3 Å². The molecule has 1 aromatic heterocycles. The van der Waals surface area contributed by atoms with Crippen LogP contribution in [0.4, 0.5) is 5.69 Å². The van der Waals surface area contributed by atoms with Gasteiger partial charge >= 0.3 is 5.97 Å². The number of phenolic OH excluding ortho intramolecular Hbond substituents is 1. The molecule has 0 unspecified atom stereocenters. The molecular formula is C22H19NO6S. The molecule has 4 rings (SSSR count). The summed E-state index contributed by atoms with van der Waals surface area (Å²) in [6.07, 6.45) is 0. The van der Waals surface area contributed by atoms with Gasteiger partial charge in [-0.25, -0.2) is 4.79 Å². The fraction of sp³-hybridized carbons (Fsp3) is 0.182. The topological polar surface area (TPSA) is 85.3 Å². The number of fused-ring (bicyclic) bond motifs is 1. The molecule has 1 aliphatic heterocycles. The first-order chi connectivity index (χ1) is 14.6. The van der Waals surface area contributed by atoms with Gasteiger partial charge in [0, 0.05) is 16.6 Å². The van der Waals surface area contributed by atoms with Crippen LogP contribution in [0.2, 0.25) is 0 Å². The lowest BCUT2D eigenvalue weighted by molar-refractivity contribution is -0.121. The van der Waals surface area contributed by atoms with E-state index in [1.807, 2.05) is 17.5 Å². The first-order valence-electron chi connectivity index (χ1n) is 9.29. The lowest BCUT2D eigenvalue weighted by Gasteiger charge is -2.25. The highest BCUT2D eigenvalue weighted by Gasteiger charge is 2.22. The Morgan fingerprint density at radius 1 is 1.03 bits per heavy atom. The number of ether oxygens (including phenoxy) is 3. The summed E-state index contributed by atoms with van der Waals surface area (Å²) in [5.41, 5.74) is 0.616. The normalized spacial score (nSPS) is 12.3. The predicted molar refractivity (Wildman–Crippen MR) is 111 cm³/mol. The Morgan fingerprint density at radius 2 is 1.83 bits per heavy atom. The Kier molecular flexibility index (Phi) is 5.85. The minimum atomic E-state index is -0.764. The number of benzene rings is 2. The van der Waals surface area contributed by atoms with E-state index >= 15 is 0 Å². The Morgan fingerprint density at radius 3 is 2.60 bits per heavy atom. The van der Waals surface area contributed by atoms with Gasteiger partial charge in [0.2, 0.25) is 0 Å². The van der Waals surface area contributed by atoms with Crippen molar-refractivity contribution in [3.63, 3.8) is 0 Å². The maximum atomic E-state index is 13.0. The summed E-state index contributed by atoms with van der Waals surface area (Å²) in [6, 6.07) is 15.1. The summed E-state index contributed by atoms with van der Waals surface area (Å²) in [4.78, 5) is 27.7. The highest BCUT2D eigenvalue weighted by atomic mass is 32.1. The standard InChI is InChI=1S/C22H19NO6S/c24-18-6-2-1-5-17(18)22(26)29-14-21(25)23(13-16-4-3-11-30-16)15-7-8-19-20(12-15)28-10-9-27-19/h1-8,11-12,24H,9-10,13-14H2. The Labute approximate surface area is 177 Å². The van der Waals surface area contributed by atoms with Gasteiger partial charge in [0.1, 0.15) is 24.5 Å². The van der Waals surface area contributed by atoms with E-state index in [9.17, 15) is 14.7 Å². The molecule has 0 radical (unpaired) electrons. The van der Waals surface area contributed by atoms with Crippen molar-refractivity contribution >= 4 is 28.9 Å². The minimum absolute atomic E-state index is 0.00874. The van der Waals surface area contributed by atoms with Crippen molar-refractivity contribution in [2.24, 2.45) is 0 Å². The first-order valence-corrected chi connectivity index (χ1v) is 10.2. The molecule has 3 aromatic rings. The molecule has 0 saturated carbocycles. The molecule has 0 spiro atoms. The lowest BCUT2D eigenvalue weighted by atomic mass is 10.2. The van der Waals surface area contributed by atoms with E-state index < -0.39 is 18.5 Å². The zero-order chi connectivity index (χ0) is 20.9. The quantitative estimate of drug-likeness (QED) is 0.608. The largest absolute Gasteiger partial charge is 0.507 e. The first kappa shape index (κ1) is 19.8. The van der Waals surface area contributed by atoms with E-state index in [0.29, 0.717) is 36.9 Å². The molecule has 0 aliphatic carbocycles. The number of esters is 1. The third-order valence-electron chi connectivity index (χ3n) is 4.48. The molecule has 0 bridgehead atoms. The number of thiophene rings is 1. The van der Waals surface area contributed by atoms with Crippen molar-refractivity contribution in [3.8, 4) is 17.2 Å². The number of amides is 1. The molecule has 0 fully saturated rings. The van der Waals surface area contributed by atoms with Crippen LogP contribution in [0.5, 0.6) is 17.2 Å². The average molecular weight is 425 g/mol. The van der Waals surface area contributed by atoms with Gasteiger partial charge < -0.3 is 24.2 Å². The minimum Gasteiger partial charge on any atom is -0.507 e. The Hall–Kier alpha value is -3.52. The third-order valence-corrected chi connectivity index (χ3v) is 5.34. The van der Waals surface area contributed by atoms with Gasteiger partial charge in [-0.1, -0.05) is 18.2 Å². The van der Waals surface area contributed by atoms with Gasteiger partial charge in [0.05, 0.1) is 6.54 Å². The van der Waals surface area contributed by atoms with Gasteiger partial charge in [-0.15, -0.1) is 11.3 Å². The van der Waals surface area contributed by atoms with Crippen molar-refractivity contribution in [2.45, 2.75) is 6.54 Å². The van der Waals surface area contributed by atoms with Crippen LogP contribution in [-0.4, -0.2) is 36.8 Å². The fourth-order valence-corrected chi connectivity index (χ4v) is 3.70. The van der Waals surface area contributed by atoms with Crippen LogP contribution in [0.3, 0.4) is 0 Å². The number of carbonyl (C=O) groups is 2. The van der Waals surface area contributed by atoms with Crippen molar-refractivity contribution in [1.29, 1.82) is 0 Å². The monoisotopic (exact) mass is 425 g/mol. The number of hydrogen-bond acceptors (Lipinski definition) is 7. The average Bonchev–Trinajstić information content (AvgIpc) is 3.29. The van der Waals surface area contributed by atoms with Gasteiger partial charge in [0.15, 0.2) is 18.1 Å². The van der Waals surface area contributed by atoms with E-state index in [4.69, 9.17) is 14.2 Å². The summed E-state index contributed by atoms with van der Waals surface area (Å²) >= 11 is 1.52. The molecule has 30 heavy (non-hydrogen) atoms.